The van der Waals surface area contributed by atoms with Crippen LogP contribution in [0.5, 0.6) is 0 Å². The lowest BCUT2D eigenvalue weighted by Crippen LogP contribution is -2.47. The average Bonchev–Trinajstić information content (AvgIpc) is 3.35. The van der Waals surface area contributed by atoms with Crippen LogP contribution in [0.2, 0.25) is 0 Å². The van der Waals surface area contributed by atoms with E-state index >= 15 is 0 Å². The van der Waals surface area contributed by atoms with Gasteiger partial charge in [0, 0.05) is 30.8 Å². The fourth-order valence-electron chi connectivity index (χ4n) is 5.08. The number of hydrogen-bond donors (Lipinski definition) is 1. The number of carbonyl (C=O) groups excluding carboxylic acids is 3. The first-order chi connectivity index (χ1) is 18.3. The number of nitrogens with two attached hydrogens (primary N) is 1. The lowest BCUT2D eigenvalue weighted by molar-refractivity contribution is 0.0527. The van der Waals surface area contributed by atoms with Gasteiger partial charge >= 0.3 is 0 Å². The number of hydrogen-bond acceptors (Lipinski definition) is 5. The van der Waals surface area contributed by atoms with Gasteiger partial charge in [-0.1, -0.05) is 18.2 Å². The third-order valence-electron chi connectivity index (χ3n) is 6.83. The highest BCUT2D eigenvalue weighted by atomic mass is 19.1. The van der Waals surface area contributed by atoms with Gasteiger partial charge in [-0.25, -0.2) is 8.78 Å². The minimum absolute atomic E-state index is 0.0340. The highest BCUT2D eigenvalue weighted by Crippen LogP contribution is 2.30. The predicted octanol–water partition coefficient (Wildman–Crippen LogP) is 3.72. The van der Waals surface area contributed by atoms with Crippen molar-refractivity contribution in [2.45, 2.75) is 19.0 Å². The first kappa shape index (κ1) is 25.0. The SMILES string of the molecule is CN=C(/C=C\N)c1ccc2c(c1)CN(C(Cc1cc(F)cc(F)c1)CN1C(=O)c3ccccc3C1=O)C2=O. The Labute approximate surface area is 217 Å². The average molecular weight is 515 g/mol. The Kier molecular flexibility index (Phi) is 6.59. The largest absolute Gasteiger partial charge is 0.405 e. The van der Waals surface area contributed by atoms with Crippen LogP contribution < -0.4 is 5.73 Å². The number of carbonyl (C=O) groups is 3. The van der Waals surface area contributed by atoms with Crippen molar-refractivity contribution in [2.24, 2.45) is 10.7 Å². The van der Waals surface area contributed by atoms with E-state index in [9.17, 15) is 23.2 Å². The molecular weight excluding hydrogens is 490 g/mol. The van der Waals surface area contributed by atoms with E-state index in [1.54, 1.807) is 54.4 Å². The van der Waals surface area contributed by atoms with Gasteiger partial charge in [0.15, 0.2) is 0 Å². The van der Waals surface area contributed by atoms with Crippen LogP contribution in [0.15, 0.2) is 77.9 Å². The highest BCUT2D eigenvalue weighted by Gasteiger charge is 2.40. The maximum atomic E-state index is 14.0. The third-order valence-corrected chi connectivity index (χ3v) is 6.83. The van der Waals surface area contributed by atoms with E-state index in [1.165, 1.54) is 18.3 Å². The zero-order valence-corrected chi connectivity index (χ0v) is 20.5. The maximum absolute atomic E-state index is 14.0. The number of benzene rings is 3. The summed E-state index contributed by atoms with van der Waals surface area (Å²) >= 11 is 0. The molecule has 9 heteroatoms. The molecule has 1 atom stereocenters. The number of aliphatic imine (C=N–C) groups is 1. The molecule has 192 valence electrons. The molecule has 0 spiro atoms. The quantitative estimate of drug-likeness (QED) is 0.384. The molecule has 1 unspecified atom stereocenters. The van der Waals surface area contributed by atoms with Crippen LogP contribution in [0.25, 0.3) is 0 Å². The summed E-state index contributed by atoms with van der Waals surface area (Å²) in [7, 11) is 1.64. The maximum Gasteiger partial charge on any atom is 0.261 e. The number of nitrogens with zero attached hydrogens (tertiary/aromatic N) is 3. The number of imide groups is 1. The molecule has 0 bridgehead atoms. The molecule has 0 saturated heterocycles. The van der Waals surface area contributed by atoms with Crippen molar-refractivity contribution in [3.63, 3.8) is 0 Å². The van der Waals surface area contributed by atoms with Crippen LogP contribution in [0.4, 0.5) is 8.78 Å². The molecule has 5 rings (SSSR count). The van der Waals surface area contributed by atoms with Crippen LogP contribution in [0.1, 0.15) is 47.8 Å². The van der Waals surface area contributed by atoms with Gasteiger partial charge in [0.2, 0.25) is 0 Å². The lowest BCUT2D eigenvalue weighted by atomic mass is 10.0. The Hall–Kier alpha value is -4.66. The fourth-order valence-corrected chi connectivity index (χ4v) is 5.08. The van der Waals surface area contributed by atoms with Gasteiger partial charge in [0.25, 0.3) is 17.7 Å². The Morgan fingerprint density at radius 2 is 1.61 bits per heavy atom. The summed E-state index contributed by atoms with van der Waals surface area (Å²) in [6.45, 7) is 0.0611. The van der Waals surface area contributed by atoms with Crippen molar-refractivity contribution < 1.29 is 23.2 Å². The summed E-state index contributed by atoms with van der Waals surface area (Å²) in [5, 5.41) is 0. The first-order valence-corrected chi connectivity index (χ1v) is 12.0. The molecular formula is C29H24F2N4O3. The standard InChI is InChI=1S/C29H24F2N4O3/c1-33-26(8-9-32)18-6-7-23-19(13-18)15-34(27(23)36)22(12-17-10-20(30)14-21(31)11-17)16-35-28(37)24-4-2-3-5-25(24)29(35)38/h2-11,13-14,22H,12,15-16,32H2,1H3/b9-8-,33-26?. The van der Waals surface area contributed by atoms with Crippen molar-refractivity contribution in [1.82, 2.24) is 9.80 Å². The Balaban J connectivity index is 1.49. The predicted molar refractivity (Wildman–Crippen MR) is 138 cm³/mol. The molecule has 2 aliphatic heterocycles. The third kappa shape index (κ3) is 4.47. The summed E-state index contributed by atoms with van der Waals surface area (Å²) in [6, 6.07) is 14.2. The molecule has 7 nitrogen and oxygen atoms in total. The van der Waals surface area contributed by atoms with Crippen LogP contribution in [-0.4, -0.2) is 52.9 Å². The Bertz CT molecular complexity index is 1480. The van der Waals surface area contributed by atoms with Crippen molar-refractivity contribution in [3.8, 4) is 0 Å². The Morgan fingerprint density at radius 3 is 2.21 bits per heavy atom. The minimum Gasteiger partial charge on any atom is -0.405 e. The van der Waals surface area contributed by atoms with Crippen LogP contribution >= 0.6 is 0 Å². The summed E-state index contributed by atoms with van der Waals surface area (Å²) < 4.78 is 28.0. The smallest absolute Gasteiger partial charge is 0.261 e. The van der Waals surface area contributed by atoms with E-state index in [0.29, 0.717) is 16.8 Å². The minimum atomic E-state index is -0.750. The summed E-state index contributed by atoms with van der Waals surface area (Å²) in [6.07, 6.45) is 3.06. The number of halogens is 2. The molecule has 3 aromatic carbocycles. The van der Waals surface area contributed by atoms with Crippen LogP contribution in [0.3, 0.4) is 0 Å². The van der Waals surface area contributed by atoms with Gasteiger partial charge in [0.05, 0.1) is 29.4 Å². The van der Waals surface area contributed by atoms with Gasteiger partial charge in [-0.05, 0) is 66.2 Å². The first-order valence-electron chi connectivity index (χ1n) is 12.0. The second kappa shape index (κ2) is 10.0. The number of amides is 3. The molecule has 0 saturated carbocycles. The fraction of sp³-hybridized carbons (Fsp3) is 0.172. The van der Waals surface area contributed by atoms with Gasteiger partial charge in [0.1, 0.15) is 11.6 Å². The summed E-state index contributed by atoms with van der Waals surface area (Å²) in [5.41, 5.74) is 9.02. The highest BCUT2D eigenvalue weighted by molar-refractivity contribution is 6.21. The zero-order chi connectivity index (χ0) is 27.0. The van der Waals surface area contributed by atoms with Crippen molar-refractivity contribution in [3.05, 3.63) is 118 Å². The lowest BCUT2D eigenvalue weighted by Gasteiger charge is -2.31. The monoisotopic (exact) mass is 514 g/mol. The molecule has 0 radical (unpaired) electrons. The van der Waals surface area contributed by atoms with E-state index in [1.807, 2.05) is 6.07 Å². The van der Waals surface area contributed by atoms with Gasteiger partial charge in [-0.3, -0.25) is 24.3 Å². The molecule has 2 N–H and O–H groups in total. The molecule has 38 heavy (non-hydrogen) atoms. The summed E-state index contributed by atoms with van der Waals surface area (Å²) in [4.78, 5) is 46.6. The van der Waals surface area contributed by atoms with E-state index in [4.69, 9.17) is 5.73 Å². The van der Waals surface area contributed by atoms with Crippen LogP contribution in [0, 0.1) is 11.6 Å². The van der Waals surface area contributed by atoms with E-state index in [0.717, 1.165) is 22.1 Å². The summed E-state index contributed by atoms with van der Waals surface area (Å²) in [5.74, 6) is -2.73. The second-order valence-corrected chi connectivity index (χ2v) is 9.18. The molecule has 0 aromatic heterocycles. The zero-order valence-electron chi connectivity index (χ0n) is 20.5. The molecule has 0 fully saturated rings. The number of allylic oxidation sites excluding steroid dienone is 1. The normalized spacial score (nSPS) is 16.0. The Morgan fingerprint density at radius 1 is 0.947 bits per heavy atom. The van der Waals surface area contributed by atoms with E-state index < -0.39 is 29.5 Å². The van der Waals surface area contributed by atoms with Crippen LogP contribution in [-0.2, 0) is 13.0 Å². The van der Waals surface area contributed by atoms with E-state index in [2.05, 4.69) is 4.99 Å². The second-order valence-electron chi connectivity index (χ2n) is 9.18. The van der Waals surface area contributed by atoms with Gasteiger partial charge in [-0.2, -0.15) is 0 Å². The molecule has 2 aliphatic rings. The molecule has 2 heterocycles. The van der Waals surface area contributed by atoms with Crippen molar-refractivity contribution in [1.29, 1.82) is 0 Å². The van der Waals surface area contributed by atoms with E-state index in [-0.39, 0.29) is 36.5 Å². The molecule has 3 amide bonds. The van der Waals surface area contributed by atoms with Crippen molar-refractivity contribution >= 4 is 23.4 Å². The van der Waals surface area contributed by atoms with Crippen molar-refractivity contribution in [2.75, 3.05) is 13.6 Å². The van der Waals surface area contributed by atoms with Gasteiger partial charge in [-0.15, -0.1) is 0 Å². The van der Waals surface area contributed by atoms with Gasteiger partial charge < -0.3 is 10.6 Å². The topological polar surface area (TPSA) is 96.1 Å². The molecule has 3 aromatic rings. The molecule has 0 aliphatic carbocycles. The number of fused-ring (bicyclic) bond motifs is 2. The number of rotatable bonds is 7.